The number of amides is 2. The minimum atomic E-state index is -1.21. The first-order chi connectivity index (χ1) is 12.4. The van der Waals surface area contributed by atoms with Crippen molar-refractivity contribution < 1.29 is 19.5 Å². The van der Waals surface area contributed by atoms with Gasteiger partial charge in [-0.15, -0.1) is 11.3 Å². The van der Waals surface area contributed by atoms with Gasteiger partial charge < -0.3 is 15.7 Å². The van der Waals surface area contributed by atoms with Crippen LogP contribution >= 0.6 is 11.3 Å². The lowest BCUT2D eigenvalue weighted by Crippen LogP contribution is -2.51. The van der Waals surface area contributed by atoms with E-state index < -0.39 is 23.3 Å². The number of rotatable bonds is 8. The zero-order valence-electron chi connectivity index (χ0n) is 14.7. The Balaban J connectivity index is 2.05. The van der Waals surface area contributed by atoms with E-state index in [1.807, 2.05) is 6.07 Å². The summed E-state index contributed by atoms with van der Waals surface area (Å²) < 4.78 is 0. The van der Waals surface area contributed by atoms with Gasteiger partial charge in [0.15, 0.2) is 0 Å². The standard InChI is InChI=1S/C19H22N2O4S/c1-3-19(18(24)25,14-8-5-4-6-9-14)12-20-16(22)13(2)21-17(23)15-10-7-11-26-15/h4-11,13H,3,12H2,1-2H3,(H,20,22)(H,21,23)(H,24,25). The second-order valence-corrected chi connectivity index (χ2v) is 6.94. The van der Waals surface area contributed by atoms with Crippen LogP contribution in [0.5, 0.6) is 0 Å². The van der Waals surface area contributed by atoms with Gasteiger partial charge in [0.25, 0.3) is 5.91 Å². The highest BCUT2D eigenvalue weighted by Gasteiger charge is 2.39. The number of thiophene rings is 1. The van der Waals surface area contributed by atoms with Gasteiger partial charge in [0.1, 0.15) is 11.5 Å². The Kier molecular flexibility index (Phi) is 6.52. The fraction of sp³-hybridized carbons (Fsp3) is 0.316. The number of carboxylic acid groups (broad SMARTS) is 1. The van der Waals surface area contributed by atoms with Crippen LogP contribution in [-0.2, 0) is 15.0 Å². The van der Waals surface area contributed by atoms with E-state index in [9.17, 15) is 19.5 Å². The smallest absolute Gasteiger partial charge is 0.315 e. The van der Waals surface area contributed by atoms with Crippen molar-refractivity contribution >= 4 is 29.1 Å². The van der Waals surface area contributed by atoms with E-state index in [-0.39, 0.29) is 12.5 Å². The predicted octanol–water partition coefficient (Wildman–Crippen LogP) is 2.42. The third-order valence-corrected chi connectivity index (χ3v) is 5.26. The van der Waals surface area contributed by atoms with E-state index in [0.29, 0.717) is 16.9 Å². The molecule has 2 unspecified atom stereocenters. The van der Waals surface area contributed by atoms with E-state index in [1.165, 1.54) is 11.3 Å². The first-order valence-electron chi connectivity index (χ1n) is 8.31. The second-order valence-electron chi connectivity index (χ2n) is 6.00. The number of hydrogen-bond acceptors (Lipinski definition) is 4. The van der Waals surface area contributed by atoms with E-state index >= 15 is 0 Å². The van der Waals surface area contributed by atoms with Crippen molar-refractivity contribution in [3.8, 4) is 0 Å². The fourth-order valence-electron chi connectivity index (χ4n) is 2.67. The van der Waals surface area contributed by atoms with Gasteiger partial charge in [0.05, 0.1) is 4.88 Å². The quantitative estimate of drug-likeness (QED) is 0.661. The van der Waals surface area contributed by atoms with Crippen LogP contribution in [0.2, 0.25) is 0 Å². The van der Waals surface area contributed by atoms with Crippen molar-refractivity contribution in [2.45, 2.75) is 31.7 Å². The third-order valence-electron chi connectivity index (χ3n) is 4.39. The Bertz CT molecular complexity index is 761. The first kappa shape index (κ1) is 19.7. The Morgan fingerprint density at radius 3 is 2.38 bits per heavy atom. The normalized spacial score (nSPS) is 14.1. The number of carbonyl (C=O) groups is 3. The SMILES string of the molecule is CCC(CNC(=O)C(C)NC(=O)c1cccs1)(C(=O)O)c1ccccc1. The fourth-order valence-corrected chi connectivity index (χ4v) is 3.30. The molecule has 138 valence electrons. The first-order valence-corrected chi connectivity index (χ1v) is 9.19. The number of hydrogen-bond donors (Lipinski definition) is 3. The Labute approximate surface area is 156 Å². The lowest BCUT2D eigenvalue weighted by Gasteiger charge is -2.29. The topological polar surface area (TPSA) is 95.5 Å². The Hall–Kier alpha value is -2.67. The predicted molar refractivity (Wildman–Crippen MR) is 100 cm³/mol. The van der Waals surface area contributed by atoms with E-state index in [2.05, 4.69) is 10.6 Å². The summed E-state index contributed by atoms with van der Waals surface area (Å²) in [6.07, 6.45) is 0.322. The van der Waals surface area contributed by atoms with Crippen LogP contribution < -0.4 is 10.6 Å². The summed E-state index contributed by atoms with van der Waals surface area (Å²) in [6, 6.07) is 11.5. The number of aliphatic carboxylic acids is 1. The molecular weight excluding hydrogens is 352 g/mol. The molecule has 2 rings (SSSR count). The zero-order chi connectivity index (χ0) is 19.2. The molecule has 3 N–H and O–H groups in total. The van der Waals surface area contributed by atoms with Crippen molar-refractivity contribution in [3.63, 3.8) is 0 Å². The molecule has 1 aromatic heterocycles. The molecule has 0 aliphatic carbocycles. The van der Waals surface area contributed by atoms with Crippen LogP contribution in [0.15, 0.2) is 47.8 Å². The number of benzene rings is 1. The molecular formula is C19H22N2O4S. The number of carbonyl (C=O) groups excluding carboxylic acids is 2. The highest BCUT2D eigenvalue weighted by molar-refractivity contribution is 7.12. The molecule has 1 aromatic carbocycles. The molecule has 6 nitrogen and oxygen atoms in total. The summed E-state index contributed by atoms with van der Waals surface area (Å²) in [5.74, 6) is -1.75. The molecule has 0 spiro atoms. The third kappa shape index (κ3) is 4.29. The highest BCUT2D eigenvalue weighted by atomic mass is 32.1. The summed E-state index contributed by atoms with van der Waals surface area (Å²) in [7, 11) is 0. The van der Waals surface area contributed by atoms with Crippen molar-refractivity contribution in [1.82, 2.24) is 10.6 Å². The van der Waals surface area contributed by atoms with Gasteiger partial charge in [-0.1, -0.05) is 43.3 Å². The summed E-state index contributed by atoms with van der Waals surface area (Å²) in [5, 5.41) is 16.9. The van der Waals surface area contributed by atoms with Crippen LogP contribution in [0.25, 0.3) is 0 Å². The van der Waals surface area contributed by atoms with E-state index in [4.69, 9.17) is 0 Å². The lowest BCUT2D eigenvalue weighted by molar-refractivity contribution is -0.144. The Morgan fingerprint density at radius 2 is 1.85 bits per heavy atom. The average Bonchev–Trinajstić information content (AvgIpc) is 3.18. The molecule has 0 bridgehead atoms. The highest BCUT2D eigenvalue weighted by Crippen LogP contribution is 2.27. The molecule has 0 saturated heterocycles. The molecule has 0 aliphatic heterocycles. The van der Waals surface area contributed by atoms with E-state index in [0.717, 1.165) is 0 Å². The van der Waals surface area contributed by atoms with Crippen molar-refractivity contribution in [2.75, 3.05) is 6.54 Å². The maximum Gasteiger partial charge on any atom is 0.315 e. The van der Waals surface area contributed by atoms with Crippen LogP contribution in [0.1, 0.15) is 35.5 Å². The summed E-state index contributed by atoms with van der Waals surface area (Å²) in [6.45, 7) is 3.29. The minimum Gasteiger partial charge on any atom is -0.481 e. The maximum atomic E-state index is 12.3. The molecule has 0 saturated carbocycles. The largest absolute Gasteiger partial charge is 0.481 e. The molecule has 2 amide bonds. The Morgan fingerprint density at radius 1 is 1.15 bits per heavy atom. The molecule has 0 aliphatic rings. The van der Waals surface area contributed by atoms with Crippen molar-refractivity contribution in [1.29, 1.82) is 0 Å². The van der Waals surface area contributed by atoms with Crippen LogP contribution in [0.4, 0.5) is 0 Å². The van der Waals surface area contributed by atoms with Crippen LogP contribution in [0.3, 0.4) is 0 Å². The molecule has 0 fully saturated rings. The summed E-state index contributed by atoms with van der Waals surface area (Å²) in [5.41, 5.74) is -0.584. The molecule has 1 heterocycles. The van der Waals surface area contributed by atoms with Gasteiger partial charge in [-0.25, -0.2) is 0 Å². The van der Waals surface area contributed by atoms with E-state index in [1.54, 1.807) is 55.6 Å². The monoisotopic (exact) mass is 374 g/mol. The molecule has 26 heavy (non-hydrogen) atoms. The zero-order valence-corrected chi connectivity index (χ0v) is 15.5. The van der Waals surface area contributed by atoms with Crippen molar-refractivity contribution in [3.05, 3.63) is 58.3 Å². The van der Waals surface area contributed by atoms with Gasteiger partial charge in [0, 0.05) is 6.54 Å². The van der Waals surface area contributed by atoms with Crippen LogP contribution in [0, 0.1) is 0 Å². The van der Waals surface area contributed by atoms with Gasteiger partial charge in [-0.3, -0.25) is 14.4 Å². The molecule has 7 heteroatoms. The molecule has 2 aromatic rings. The lowest BCUT2D eigenvalue weighted by atomic mass is 9.78. The maximum absolute atomic E-state index is 12.3. The summed E-state index contributed by atoms with van der Waals surface area (Å²) >= 11 is 1.29. The van der Waals surface area contributed by atoms with Gasteiger partial charge >= 0.3 is 5.97 Å². The number of carboxylic acids is 1. The van der Waals surface area contributed by atoms with Gasteiger partial charge in [0.2, 0.25) is 5.91 Å². The average molecular weight is 374 g/mol. The van der Waals surface area contributed by atoms with Gasteiger partial charge in [-0.2, -0.15) is 0 Å². The number of nitrogens with one attached hydrogen (secondary N) is 2. The minimum absolute atomic E-state index is 0.0547. The second kappa shape index (κ2) is 8.62. The van der Waals surface area contributed by atoms with Crippen LogP contribution in [-0.4, -0.2) is 35.5 Å². The molecule has 2 atom stereocenters. The van der Waals surface area contributed by atoms with Crippen molar-refractivity contribution in [2.24, 2.45) is 0 Å². The summed E-state index contributed by atoms with van der Waals surface area (Å²) in [4.78, 5) is 36.8. The van der Waals surface area contributed by atoms with Gasteiger partial charge in [-0.05, 0) is 30.4 Å². The molecule has 0 radical (unpaired) electrons.